The van der Waals surface area contributed by atoms with Crippen LogP contribution in [0.4, 0.5) is 4.79 Å². The number of benzene rings is 2. The molecule has 2 unspecified atom stereocenters. The molecule has 2 aromatic carbocycles. The van der Waals surface area contributed by atoms with E-state index in [2.05, 4.69) is 16.7 Å². The second-order valence-electron chi connectivity index (χ2n) is 7.07. The van der Waals surface area contributed by atoms with Crippen molar-refractivity contribution in [2.45, 2.75) is 31.7 Å². The van der Waals surface area contributed by atoms with Gasteiger partial charge in [0.15, 0.2) is 0 Å². The van der Waals surface area contributed by atoms with Gasteiger partial charge in [-0.2, -0.15) is 0 Å². The van der Waals surface area contributed by atoms with E-state index in [1.165, 1.54) is 0 Å². The Morgan fingerprint density at radius 3 is 2.63 bits per heavy atom. The van der Waals surface area contributed by atoms with Crippen molar-refractivity contribution in [1.82, 2.24) is 15.5 Å². The molecule has 27 heavy (non-hydrogen) atoms. The molecule has 0 radical (unpaired) electrons. The summed E-state index contributed by atoms with van der Waals surface area (Å²) < 4.78 is 0. The van der Waals surface area contributed by atoms with Crippen LogP contribution in [0.5, 0.6) is 0 Å². The van der Waals surface area contributed by atoms with Crippen LogP contribution in [0.2, 0.25) is 0 Å². The zero-order valence-corrected chi connectivity index (χ0v) is 15.9. The fourth-order valence-corrected chi connectivity index (χ4v) is 3.63. The summed E-state index contributed by atoms with van der Waals surface area (Å²) in [6.07, 6.45) is 2.00. The van der Waals surface area contributed by atoms with Gasteiger partial charge in [0.1, 0.15) is 0 Å². The summed E-state index contributed by atoms with van der Waals surface area (Å²) in [7, 11) is 1.66. The highest BCUT2D eigenvalue weighted by molar-refractivity contribution is 5.94. The molecule has 0 saturated carbocycles. The number of hydrogen-bond donors (Lipinski definition) is 2. The topological polar surface area (TPSA) is 61.4 Å². The molecule has 0 bridgehead atoms. The number of rotatable bonds is 4. The van der Waals surface area contributed by atoms with Crippen LogP contribution in [0.25, 0.3) is 0 Å². The van der Waals surface area contributed by atoms with Crippen molar-refractivity contribution in [2.75, 3.05) is 20.1 Å². The van der Waals surface area contributed by atoms with E-state index in [0.29, 0.717) is 12.1 Å². The van der Waals surface area contributed by atoms with Crippen LogP contribution in [0.1, 0.15) is 53.2 Å². The summed E-state index contributed by atoms with van der Waals surface area (Å²) >= 11 is 0. The largest absolute Gasteiger partial charge is 0.346 e. The average Bonchev–Trinajstić information content (AvgIpc) is 2.74. The summed E-state index contributed by atoms with van der Waals surface area (Å²) in [6, 6.07) is 17.6. The van der Waals surface area contributed by atoms with E-state index in [4.69, 9.17) is 0 Å². The van der Waals surface area contributed by atoms with Crippen molar-refractivity contribution in [2.24, 2.45) is 0 Å². The van der Waals surface area contributed by atoms with Gasteiger partial charge in [-0.25, -0.2) is 4.79 Å². The monoisotopic (exact) mass is 365 g/mol. The lowest BCUT2D eigenvalue weighted by Gasteiger charge is -2.32. The Hall–Kier alpha value is -2.82. The highest BCUT2D eigenvalue weighted by Gasteiger charge is 2.24. The Labute approximate surface area is 160 Å². The number of likely N-dealkylation sites (tertiary alicyclic amines) is 1. The molecule has 0 spiro atoms. The Kier molecular flexibility index (Phi) is 6.12. The van der Waals surface area contributed by atoms with Crippen LogP contribution in [-0.2, 0) is 0 Å². The molecular formula is C22H27N3O2. The van der Waals surface area contributed by atoms with Crippen LogP contribution >= 0.6 is 0 Å². The highest BCUT2D eigenvalue weighted by atomic mass is 16.2. The Morgan fingerprint density at radius 1 is 1.11 bits per heavy atom. The molecule has 0 aliphatic carbocycles. The predicted molar refractivity (Wildman–Crippen MR) is 107 cm³/mol. The molecule has 2 aromatic rings. The smallest absolute Gasteiger partial charge is 0.317 e. The van der Waals surface area contributed by atoms with Gasteiger partial charge in [-0.1, -0.05) is 42.5 Å². The molecule has 0 aromatic heterocycles. The molecule has 5 nitrogen and oxygen atoms in total. The van der Waals surface area contributed by atoms with E-state index >= 15 is 0 Å². The maximum Gasteiger partial charge on any atom is 0.317 e. The predicted octanol–water partition coefficient (Wildman–Crippen LogP) is 3.70. The number of nitrogens with zero attached hydrogens (tertiary/aromatic N) is 1. The van der Waals surface area contributed by atoms with E-state index in [9.17, 15) is 9.59 Å². The molecule has 1 saturated heterocycles. The third-order valence-electron chi connectivity index (χ3n) is 5.19. The third-order valence-corrected chi connectivity index (χ3v) is 5.19. The van der Waals surface area contributed by atoms with Gasteiger partial charge >= 0.3 is 6.03 Å². The van der Waals surface area contributed by atoms with E-state index in [0.717, 1.165) is 30.5 Å². The van der Waals surface area contributed by atoms with Crippen LogP contribution in [-0.4, -0.2) is 37.0 Å². The summed E-state index contributed by atoms with van der Waals surface area (Å²) in [6.45, 7) is 3.45. The third kappa shape index (κ3) is 4.67. The fourth-order valence-electron chi connectivity index (χ4n) is 3.63. The molecular weight excluding hydrogens is 338 g/mol. The zero-order valence-electron chi connectivity index (χ0n) is 15.9. The Bertz CT molecular complexity index is 791. The standard InChI is InChI=1S/C22H27N3O2/c1-16(17-8-4-3-5-9-17)24-21(26)19-11-6-10-18(14-19)20-12-7-13-25(15-20)22(27)23-2/h3-6,8-11,14,16,20H,7,12-13,15H2,1-2H3,(H,23,27)(H,24,26). The van der Waals surface area contributed by atoms with E-state index in [1.54, 1.807) is 7.05 Å². The van der Waals surface area contributed by atoms with Crippen molar-refractivity contribution in [3.8, 4) is 0 Å². The molecule has 2 N–H and O–H groups in total. The molecule has 1 aliphatic rings. The summed E-state index contributed by atoms with van der Waals surface area (Å²) in [5.74, 6) is 0.183. The summed E-state index contributed by atoms with van der Waals surface area (Å²) in [5, 5.41) is 5.76. The lowest BCUT2D eigenvalue weighted by atomic mass is 9.89. The molecule has 142 valence electrons. The van der Waals surface area contributed by atoms with Gasteiger partial charge in [0, 0.05) is 31.6 Å². The van der Waals surface area contributed by atoms with Crippen molar-refractivity contribution < 1.29 is 9.59 Å². The van der Waals surface area contributed by atoms with Gasteiger partial charge in [-0.15, -0.1) is 0 Å². The second kappa shape index (κ2) is 8.71. The molecule has 5 heteroatoms. The first-order chi connectivity index (χ1) is 13.1. The van der Waals surface area contributed by atoms with E-state index in [1.807, 2.05) is 60.4 Å². The molecule has 3 rings (SSSR count). The minimum atomic E-state index is -0.0767. The molecule has 2 atom stereocenters. The number of nitrogens with one attached hydrogen (secondary N) is 2. The molecule has 1 aliphatic heterocycles. The maximum absolute atomic E-state index is 12.7. The van der Waals surface area contributed by atoms with Crippen molar-refractivity contribution in [3.63, 3.8) is 0 Å². The molecule has 1 heterocycles. The highest BCUT2D eigenvalue weighted by Crippen LogP contribution is 2.27. The number of amides is 3. The van der Waals surface area contributed by atoms with Crippen LogP contribution in [0.3, 0.4) is 0 Å². The number of piperidine rings is 1. The maximum atomic E-state index is 12.7. The first-order valence-electron chi connectivity index (χ1n) is 9.51. The van der Waals surface area contributed by atoms with Gasteiger partial charge in [0.25, 0.3) is 5.91 Å². The first-order valence-corrected chi connectivity index (χ1v) is 9.51. The van der Waals surface area contributed by atoms with Gasteiger partial charge in [0.05, 0.1) is 6.04 Å². The van der Waals surface area contributed by atoms with Gasteiger partial charge in [0.2, 0.25) is 0 Å². The van der Waals surface area contributed by atoms with Crippen molar-refractivity contribution in [3.05, 3.63) is 71.3 Å². The molecule has 3 amide bonds. The zero-order chi connectivity index (χ0) is 19.2. The van der Waals surface area contributed by atoms with E-state index < -0.39 is 0 Å². The summed E-state index contributed by atoms with van der Waals surface area (Å²) in [5.41, 5.74) is 2.85. The number of urea groups is 1. The van der Waals surface area contributed by atoms with Crippen LogP contribution in [0.15, 0.2) is 54.6 Å². The van der Waals surface area contributed by atoms with Crippen LogP contribution in [0, 0.1) is 0 Å². The number of carbonyl (C=O) groups excluding carboxylic acids is 2. The lowest BCUT2D eigenvalue weighted by Crippen LogP contribution is -2.43. The van der Waals surface area contributed by atoms with Gasteiger partial charge in [-0.05, 0) is 43.0 Å². The normalized spacial score (nSPS) is 17.9. The minimum absolute atomic E-state index is 0.0368. The van der Waals surface area contributed by atoms with Gasteiger partial charge < -0.3 is 15.5 Å². The van der Waals surface area contributed by atoms with Crippen molar-refractivity contribution in [1.29, 1.82) is 0 Å². The Morgan fingerprint density at radius 2 is 1.89 bits per heavy atom. The second-order valence-corrected chi connectivity index (χ2v) is 7.07. The first kappa shape index (κ1) is 19.0. The van der Waals surface area contributed by atoms with Crippen LogP contribution < -0.4 is 10.6 Å². The summed E-state index contributed by atoms with van der Waals surface area (Å²) in [4.78, 5) is 26.5. The SMILES string of the molecule is CNC(=O)N1CCCC(c2cccc(C(=O)NC(C)c3ccccc3)c2)C1. The Balaban J connectivity index is 1.69. The number of carbonyl (C=O) groups is 2. The fraction of sp³-hybridized carbons (Fsp3) is 0.364. The lowest BCUT2D eigenvalue weighted by molar-refractivity contribution is 0.0939. The minimum Gasteiger partial charge on any atom is -0.346 e. The average molecular weight is 365 g/mol. The molecule has 1 fully saturated rings. The quantitative estimate of drug-likeness (QED) is 0.868. The van der Waals surface area contributed by atoms with E-state index in [-0.39, 0.29) is 23.9 Å². The van der Waals surface area contributed by atoms with Gasteiger partial charge in [-0.3, -0.25) is 4.79 Å². The number of hydrogen-bond acceptors (Lipinski definition) is 2. The van der Waals surface area contributed by atoms with Crippen molar-refractivity contribution >= 4 is 11.9 Å².